The maximum absolute atomic E-state index is 10.1. The molecule has 30 heavy (non-hydrogen) atoms. The number of aromatic hydroxyl groups is 1. The molecule has 1 aliphatic heterocycles. The molecule has 0 unspecified atom stereocenters. The van der Waals surface area contributed by atoms with Crippen molar-refractivity contribution in [2.24, 2.45) is 0 Å². The van der Waals surface area contributed by atoms with Gasteiger partial charge < -0.3 is 14.9 Å². The van der Waals surface area contributed by atoms with Gasteiger partial charge in [-0.2, -0.15) is 6.67 Å². The van der Waals surface area contributed by atoms with Crippen LogP contribution in [0.15, 0.2) is 91.4 Å². The van der Waals surface area contributed by atoms with Gasteiger partial charge in [-0.15, -0.1) is 23.6 Å². The predicted octanol–water partition coefficient (Wildman–Crippen LogP) is 5.32. The zero-order valence-electron chi connectivity index (χ0n) is 16.0. The van der Waals surface area contributed by atoms with Crippen LogP contribution < -0.4 is 4.90 Å². The van der Waals surface area contributed by atoms with E-state index in [1.54, 1.807) is 12.3 Å². The van der Waals surface area contributed by atoms with Gasteiger partial charge in [-0.05, 0) is 37.1 Å². The molecular formula is C25H19N3OPt. The van der Waals surface area contributed by atoms with Crippen molar-refractivity contribution in [3.05, 3.63) is 110 Å². The van der Waals surface area contributed by atoms with E-state index in [9.17, 15) is 5.11 Å². The van der Waals surface area contributed by atoms with Crippen molar-refractivity contribution in [2.75, 3.05) is 4.90 Å². The molecule has 0 saturated heterocycles. The Hall–Kier alpha value is -3.10. The van der Waals surface area contributed by atoms with Crippen LogP contribution in [0.2, 0.25) is 0 Å². The van der Waals surface area contributed by atoms with E-state index < -0.39 is 0 Å². The molecular weight excluding hydrogens is 553 g/mol. The smallest absolute Gasteiger partial charge is 0.510 e. The summed E-state index contributed by atoms with van der Waals surface area (Å²) in [6.07, 6.45) is 5.76. The third-order valence-corrected chi connectivity index (χ3v) is 5.02. The predicted molar refractivity (Wildman–Crippen MR) is 116 cm³/mol. The standard InChI is InChI=1S/C25H19N3O.Pt/c29-25-10-2-1-9-24(25)28-15-14-27(18-28)17-21-7-5-6-19-11-12-20(16-22(19)21)23-8-3-4-13-26-23;/h1-15,18,29H,17H2;/q-2;+2. The SMILES string of the molecule is Oc1ccccc1N1C=CN(Cc2cccc3ccc(-c4ccccn4)[c-]c23)[CH-]1.[Pt+2]. The summed E-state index contributed by atoms with van der Waals surface area (Å²) in [5, 5.41) is 12.4. The molecule has 0 aliphatic carbocycles. The van der Waals surface area contributed by atoms with Crippen molar-refractivity contribution in [1.82, 2.24) is 9.88 Å². The summed E-state index contributed by atoms with van der Waals surface area (Å²) in [5.41, 5.74) is 3.85. The number of pyridine rings is 1. The fourth-order valence-electron chi connectivity index (χ4n) is 3.57. The molecule has 0 saturated carbocycles. The molecule has 1 aromatic heterocycles. The number of para-hydroxylation sites is 2. The monoisotopic (exact) mass is 572 g/mol. The zero-order valence-corrected chi connectivity index (χ0v) is 18.3. The average molecular weight is 573 g/mol. The third kappa shape index (κ3) is 3.96. The fraction of sp³-hybridized carbons (Fsp3) is 0.0400. The Labute approximate surface area is 190 Å². The maximum atomic E-state index is 10.1. The number of phenols is 1. The summed E-state index contributed by atoms with van der Waals surface area (Å²) in [4.78, 5) is 8.47. The minimum absolute atomic E-state index is 0. The fourth-order valence-corrected chi connectivity index (χ4v) is 3.57. The minimum Gasteiger partial charge on any atom is -0.510 e. The quantitative estimate of drug-likeness (QED) is 0.337. The Bertz CT molecular complexity index is 1190. The second kappa shape index (κ2) is 8.72. The van der Waals surface area contributed by atoms with Gasteiger partial charge in [-0.1, -0.05) is 59.0 Å². The van der Waals surface area contributed by atoms with E-state index in [-0.39, 0.29) is 26.8 Å². The summed E-state index contributed by atoms with van der Waals surface area (Å²) < 4.78 is 0. The molecule has 4 aromatic rings. The minimum atomic E-state index is 0. The topological polar surface area (TPSA) is 39.6 Å². The van der Waals surface area contributed by atoms with E-state index in [0.717, 1.165) is 27.7 Å². The molecule has 0 fully saturated rings. The van der Waals surface area contributed by atoms with E-state index in [2.05, 4.69) is 46.3 Å². The van der Waals surface area contributed by atoms with Crippen molar-refractivity contribution >= 4 is 16.5 Å². The van der Waals surface area contributed by atoms with E-state index in [1.165, 1.54) is 5.56 Å². The van der Waals surface area contributed by atoms with Gasteiger partial charge in [0.2, 0.25) is 0 Å². The van der Waals surface area contributed by atoms with Crippen molar-refractivity contribution in [3.8, 4) is 17.0 Å². The van der Waals surface area contributed by atoms with Crippen molar-refractivity contribution in [3.63, 3.8) is 0 Å². The summed E-state index contributed by atoms with van der Waals surface area (Å²) in [5.74, 6) is 0.258. The number of aromatic nitrogens is 1. The Kier molecular flexibility index (Phi) is 5.87. The zero-order chi connectivity index (χ0) is 19.6. The van der Waals surface area contributed by atoms with Gasteiger partial charge >= 0.3 is 21.1 Å². The van der Waals surface area contributed by atoms with Crippen LogP contribution in [0.1, 0.15) is 5.56 Å². The van der Waals surface area contributed by atoms with Crippen LogP contribution in [-0.2, 0) is 27.6 Å². The number of hydrogen-bond donors (Lipinski definition) is 1. The average Bonchev–Trinajstić information content (AvgIpc) is 3.23. The Balaban J connectivity index is 0.00000218. The Morgan fingerprint density at radius 1 is 0.900 bits per heavy atom. The van der Waals surface area contributed by atoms with Crippen LogP contribution in [-0.4, -0.2) is 15.0 Å². The van der Waals surface area contributed by atoms with E-state index in [4.69, 9.17) is 0 Å². The van der Waals surface area contributed by atoms with Gasteiger partial charge in [-0.3, -0.25) is 4.98 Å². The molecule has 0 bridgehead atoms. The number of benzene rings is 3. The summed E-state index contributed by atoms with van der Waals surface area (Å²) in [6.45, 7) is 2.69. The van der Waals surface area contributed by atoms with Crippen LogP contribution >= 0.6 is 0 Å². The molecule has 150 valence electrons. The molecule has 0 amide bonds. The molecule has 5 rings (SSSR count). The molecule has 1 aliphatic rings. The number of fused-ring (bicyclic) bond motifs is 1. The van der Waals surface area contributed by atoms with Crippen molar-refractivity contribution in [2.45, 2.75) is 6.54 Å². The molecule has 4 nitrogen and oxygen atoms in total. The van der Waals surface area contributed by atoms with Crippen LogP contribution in [0.4, 0.5) is 5.69 Å². The first-order chi connectivity index (χ1) is 14.3. The van der Waals surface area contributed by atoms with E-state index in [1.807, 2.05) is 60.4 Å². The summed E-state index contributed by atoms with van der Waals surface area (Å²) >= 11 is 0. The first kappa shape index (κ1) is 20.2. The van der Waals surface area contributed by atoms with Crippen LogP contribution in [0, 0.1) is 12.7 Å². The second-order valence-corrected chi connectivity index (χ2v) is 6.95. The summed E-state index contributed by atoms with van der Waals surface area (Å²) in [7, 11) is 0. The molecule has 3 aromatic carbocycles. The van der Waals surface area contributed by atoms with Crippen LogP contribution in [0.5, 0.6) is 5.75 Å². The first-order valence-corrected chi connectivity index (χ1v) is 9.49. The van der Waals surface area contributed by atoms with Gasteiger partial charge in [0.05, 0.1) is 5.69 Å². The van der Waals surface area contributed by atoms with Crippen molar-refractivity contribution in [1.29, 1.82) is 0 Å². The summed E-state index contributed by atoms with van der Waals surface area (Å²) in [6, 6.07) is 27.3. The van der Waals surface area contributed by atoms with Crippen LogP contribution in [0.25, 0.3) is 22.0 Å². The second-order valence-electron chi connectivity index (χ2n) is 6.95. The molecule has 0 radical (unpaired) electrons. The van der Waals surface area contributed by atoms with E-state index >= 15 is 0 Å². The number of hydrogen-bond acceptors (Lipinski definition) is 4. The number of rotatable bonds is 4. The number of phenolic OH excluding ortho intramolecular Hbond substituents is 1. The van der Waals surface area contributed by atoms with E-state index in [0.29, 0.717) is 6.54 Å². The number of anilines is 1. The van der Waals surface area contributed by atoms with Crippen LogP contribution in [0.3, 0.4) is 0 Å². The first-order valence-electron chi connectivity index (χ1n) is 9.49. The number of nitrogens with zero attached hydrogens (tertiary/aromatic N) is 3. The normalized spacial score (nSPS) is 12.9. The van der Waals surface area contributed by atoms with Gasteiger partial charge in [0.15, 0.2) is 0 Å². The van der Waals surface area contributed by atoms with Gasteiger partial charge in [-0.25, -0.2) is 0 Å². The third-order valence-electron chi connectivity index (χ3n) is 5.02. The molecule has 1 N–H and O–H groups in total. The van der Waals surface area contributed by atoms with Gasteiger partial charge in [0, 0.05) is 11.9 Å². The van der Waals surface area contributed by atoms with Crippen molar-refractivity contribution < 1.29 is 26.2 Å². The van der Waals surface area contributed by atoms with Gasteiger partial charge in [0.25, 0.3) is 0 Å². The largest absolute Gasteiger partial charge is 2.00 e. The maximum Gasteiger partial charge on any atom is 2.00 e. The Morgan fingerprint density at radius 2 is 1.77 bits per heavy atom. The molecule has 0 spiro atoms. The molecule has 5 heteroatoms. The molecule has 0 atom stereocenters. The molecule has 2 heterocycles. The van der Waals surface area contributed by atoms with Gasteiger partial charge in [0.1, 0.15) is 5.75 Å². The Morgan fingerprint density at radius 3 is 2.60 bits per heavy atom.